The van der Waals surface area contributed by atoms with Crippen molar-refractivity contribution in [2.75, 3.05) is 44.8 Å². The van der Waals surface area contributed by atoms with Crippen molar-refractivity contribution in [3.8, 4) is 11.5 Å². The highest BCUT2D eigenvalue weighted by Crippen LogP contribution is 2.30. The number of ether oxygens (including phenoxy) is 2. The van der Waals surface area contributed by atoms with Gasteiger partial charge >= 0.3 is 0 Å². The molecule has 4 rings (SSSR count). The van der Waals surface area contributed by atoms with Gasteiger partial charge < -0.3 is 19.3 Å². The maximum atomic E-state index is 12.8. The number of hydrogen-bond acceptors (Lipinski definition) is 5. The molecular formula is C26H31N3O3. The molecule has 32 heavy (non-hydrogen) atoms. The van der Waals surface area contributed by atoms with Gasteiger partial charge in [-0.05, 0) is 62.1 Å². The van der Waals surface area contributed by atoms with Crippen LogP contribution in [0, 0.1) is 27.7 Å². The molecule has 2 heterocycles. The van der Waals surface area contributed by atoms with E-state index in [-0.39, 0.29) is 12.5 Å². The third-order valence-corrected chi connectivity index (χ3v) is 6.39. The van der Waals surface area contributed by atoms with E-state index in [0.29, 0.717) is 13.1 Å². The lowest BCUT2D eigenvalue weighted by molar-refractivity contribution is -0.133. The van der Waals surface area contributed by atoms with Crippen LogP contribution in [0.5, 0.6) is 11.5 Å². The fourth-order valence-corrected chi connectivity index (χ4v) is 4.26. The maximum Gasteiger partial charge on any atom is 0.260 e. The van der Waals surface area contributed by atoms with E-state index < -0.39 is 0 Å². The average molecular weight is 434 g/mol. The normalized spacial score (nSPS) is 14.0. The summed E-state index contributed by atoms with van der Waals surface area (Å²) in [5.41, 5.74) is 5.36. The van der Waals surface area contributed by atoms with E-state index in [1.807, 2.05) is 36.9 Å². The second-order valence-corrected chi connectivity index (χ2v) is 8.46. The van der Waals surface area contributed by atoms with Gasteiger partial charge in [0.1, 0.15) is 22.8 Å². The van der Waals surface area contributed by atoms with E-state index in [9.17, 15) is 4.79 Å². The molecule has 1 saturated heterocycles. The van der Waals surface area contributed by atoms with Crippen molar-refractivity contribution in [1.29, 1.82) is 0 Å². The van der Waals surface area contributed by atoms with Crippen molar-refractivity contribution in [2.45, 2.75) is 27.7 Å². The summed E-state index contributed by atoms with van der Waals surface area (Å²) in [5.74, 6) is 2.55. The molecule has 0 bridgehead atoms. The van der Waals surface area contributed by atoms with Gasteiger partial charge in [0.15, 0.2) is 6.61 Å². The van der Waals surface area contributed by atoms with Crippen LogP contribution in [-0.2, 0) is 4.79 Å². The molecule has 0 radical (unpaired) electrons. The third kappa shape index (κ3) is 4.22. The molecular weight excluding hydrogens is 402 g/mol. The van der Waals surface area contributed by atoms with Crippen molar-refractivity contribution < 1.29 is 14.3 Å². The number of para-hydroxylation sites is 1. The first-order valence-electron chi connectivity index (χ1n) is 11.1. The number of amides is 1. The average Bonchev–Trinajstić information content (AvgIpc) is 2.81. The lowest BCUT2D eigenvalue weighted by Gasteiger charge is -2.35. The van der Waals surface area contributed by atoms with Crippen LogP contribution in [-0.4, -0.2) is 55.7 Å². The van der Waals surface area contributed by atoms with E-state index in [4.69, 9.17) is 14.5 Å². The van der Waals surface area contributed by atoms with E-state index >= 15 is 0 Å². The number of carbonyl (C=O) groups excluding carboxylic acids is 1. The summed E-state index contributed by atoms with van der Waals surface area (Å²) in [6.45, 7) is 11.0. The first-order chi connectivity index (χ1) is 15.4. The van der Waals surface area contributed by atoms with E-state index in [2.05, 4.69) is 36.9 Å². The lowest BCUT2D eigenvalue weighted by atomic mass is 10.1. The smallest absolute Gasteiger partial charge is 0.260 e. The number of anilines is 1. The Morgan fingerprint density at radius 1 is 0.969 bits per heavy atom. The zero-order valence-corrected chi connectivity index (χ0v) is 19.6. The molecule has 6 heteroatoms. The Balaban J connectivity index is 1.41. The summed E-state index contributed by atoms with van der Waals surface area (Å²) in [6.07, 6.45) is 0. The summed E-state index contributed by atoms with van der Waals surface area (Å²) in [7, 11) is 1.67. The van der Waals surface area contributed by atoms with Crippen LogP contribution in [0.3, 0.4) is 0 Å². The predicted octanol–water partition coefficient (Wildman–Crippen LogP) is 4.20. The van der Waals surface area contributed by atoms with Crippen molar-refractivity contribution in [3.63, 3.8) is 0 Å². The van der Waals surface area contributed by atoms with Crippen LogP contribution >= 0.6 is 0 Å². The SMILES string of the molecule is COc1cccc2c(C)cc(N3CCN(C(=O)COc4c(C)ccc(C)c4C)CC3)nc12. The molecule has 168 valence electrons. The number of piperazine rings is 1. The summed E-state index contributed by atoms with van der Waals surface area (Å²) in [5, 5.41) is 1.10. The van der Waals surface area contributed by atoms with E-state index in [1.165, 1.54) is 11.1 Å². The number of benzene rings is 2. The number of aromatic nitrogens is 1. The van der Waals surface area contributed by atoms with Crippen LogP contribution < -0.4 is 14.4 Å². The van der Waals surface area contributed by atoms with Crippen LogP contribution in [0.4, 0.5) is 5.82 Å². The standard InChI is InChI=1S/C26H31N3O3/c1-17-9-10-18(2)26(20(17)4)32-16-24(30)29-13-11-28(12-14-29)23-15-19(3)21-7-6-8-22(31-5)25(21)27-23/h6-10,15H,11-14,16H2,1-5H3. The summed E-state index contributed by atoms with van der Waals surface area (Å²) in [4.78, 5) is 21.8. The number of hydrogen-bond donors (Lipinski definition) is 0. The van der Waals surface area contributed by atoms with Crippen LogP contribution in [0.2, 0.25) is 0 Å². The van der Waals surface area contributed by atoms with Crippen molar-refractivity contribution in [2.24, 2.45) is 0 Å². The fraction of sp³-hybridized carbons (Fsp3) is 0.385. The minimum atomic E-state index is 0.0225. The summed E-state index contributed by atoms with van der Waals surface area (Å²) >= 11 is 0. The molecule has 3 aromatic rings. The number of rotatable bonds is 5. The zero-order valence-electron chi connectivity index (χ0n) is 19.6. The highest BCUT2D eigenvalue weighted by molar-refractivity contribution is 5.89. The van der Waals surface area contributed by atoms with E-state index in [1.54, 1.807) is 7.11 Å². The summed E-state index contributed by atoms with van der Waals surface area (Å²) < 4.78 is 11.4. The van der Waals surface area contributed by atoms with Gasteiger partial charge in [-0.3, -0.25) is 4.79 Å². The van der Waals surface area contributed by atoms with Crippen LogP contribution in [0.1, 0.15) is 22.3 Å². The number of pyridine rings is 1. The molecule has 2 aromatic carbocycles. The second kappa shape index (κ2) is 9.07. The monoisotopic (exact) mass is 433 g/mol. The van der Waals surface area contributed by atoms with Gasteiger partial charge in [-0.1, -0.05) is 24.3 Å². The lowest BCUT2D eigenvalue weighted by Crippen LogP contribution is -2.50. The first kappa shape index (κ1) is 21.9. The van der Waals surface area contributed by atoms with Gasteiger partial charge in [0.05, 0.1) is 7.11 Å². The highest BCUT2D eigenvalue weighted by Gasteiger charge is 2.23. The first-order valence-corrected chi connectivity index (χ1v) is 11.1. The van der Waals surface area contributed by atoms with Gasteiger partial charge in [0.25, 0.3) is 5.91 Å². The Kier molecular flexibility index (Phi) is 6.21. The fourth-order valence-electron chi connectivity index (χ4n) is 4.26. The number of methoxy groups -OCH3 is 1. The van der Waals surface area contributed by atoms with Gasteiger partial charge in [-0.2, -0.15) is 0 Å². The Hall–Kier alpha value is -3.28. The Morgan fingerprint density at radius 3 is 2.41 bits per heavy atom. The third-order valence-electron chi connectivity index (χ3n) is 6.39. The van der Waals surface area contributed by atoms with Gasteiger partial charge in [-0.15, -0.1) is 0 Å². The highest BCUT2D eigenvalue weighted by atomic mass is 16.5. The molecule has 6 nitrogen and oxygen atoms in total. The quantitative estimate of drug-likeness (QED) is 0.604. The number of aryl methyl sites for hydroxylation is 3. The molecule has 1 aliphatic heterocycles. The topological polar surface area (TPSA) is 54.9 Å². The number of nitrogens with zero attached hydrogens (tertiary/aromatic N) is 3. The minimum Gasteiger partial charge on any atom is -0.494 e. The molecule has 0 aliphatic carbocycles. The minimum absolute atomic E-state index is 0.0225. The van der Waals surface area contributed by atoms with Crippen LogP contribution in [0.25, 0.3) is 10.9 Å². The molecule has 1 fully saturated rings. The Labute approximate surface area is 189 Å². The van der Waals surface area contributed by atoms with Crippen molar-refractivity contribution in [3.05, 3.63) is 58.7 Å². The molecule has 0 atom stereocenters. The Bertz CT molecular complexity index is 1150. The van der Waals surface area contributed by atoms with Gasteiger partial charge in [-0.25, -0.2) is 4.98 Å². The Morgan fingerprint density at radius 2 is 1.69 bits per heavy atom. The zero-order chi connectivity index (χ0) is 22.8. The molecule has 0 N–H and O–H groups in total. The van der Waals surface area contributed by atoms with Crippen molar-refractivity contribution >= 4 is 22.6 Å². The second-order valence-electron chi connectivity index (χ2n) is 8.46. The molecule has 0 saturated carbocycles. The number of fused-ring (bicyclic) bond motifs is 1. The molecule has 0 spiro atoms. The van der Waals surface area contributed by atoms with Crippen molar-refractivity contribution in [1.82, 2.24) is 9.88 Å². The number of carbonyl (C=O) groups is 1. The van der Waals surface area contributed by atoms with E-state index in [0.717, 1.165) is 52.4 Å². The molecule has 1 aromatic heterocycles. The molecule has 0 unspecified atom stereocenters. The molecule has 1 aliphatic rings. The van der Waals surface area contributed by atoms with Gasteiger partial charge in [0.2, 0.25) is 0 Å². The molecule has 1 amide bonds. The maximum absolute atomic E-state index is 12.8. The summed E-state index contributed by atoms with van der Waals surface area (Å²) in [6, 6.07) is 12.2. The van der Waals surface area contributed by atoms with Crippen LogP contribution in [0.15, 0.2) is 36.4 Å². The largest absolute Gasteiger partial charge is 0.494 e. The predicted molar refractivity (Wildman–Crippen MR) is 128 cm³/mol. The van der Waals surface area contributed by atoms with Gasteiger partial charge in [0, 0.05) is 31.6 Å².